The molecule has 0 spiro atoms. The Kier molecular flexibility index (Phi) is 5.89. The summed E-state index contributed by atoms with van der Waals surface area (Å²) in [5, 5.41) is 0. The van der Waals surface area contributed by atoms with E-state index in [2.05, 4.69) is 59.2 Å². The first kappa shape index (κ1) is 17.0. The lowest BCUT2D eigenvalue weighted by Crippen LogP contribution is -2.45. The lowest BCUT2D eigenvalue weighted by Gasteiger charge is -2.34. The van der Waals surface area contributed by atoms with Crippen molar-refractivity contribution < 1.29 is 4.74 Å². The van der Waals surface area contributed by atoms with Gasteiger partial charge in [-0.05, 0) is 35.2 Å². The van der Waals surface area contributed by atoms with E-state index in [1.54, 1.807) is 7.11 Å². The molecule has 1 heterocycles. The predicted molar refractivity (Wildman–Crippen MR) is 99.4 cm³/mol. The summed E-state index contributed by atoms with van der Waals surface area (Å²) in [6, 6.07) is 17.5. The standard InChI is InChI=1S/C21H28N2O/c1-3-18-7-9-19(10-8-18)16-22-11-13-23(14-12-22)17-20-5-4-6-21(15-20)24-2/h4-10,15H,3,11-14,16-17H2,1-2H3. The van der Waals surface area contributed by atoms with Crippen molar-refractivity contribution in [3.8, 4) is 5.75 Å². The summed E-state index contributed by atoms with van der Waals surface area (Å²) in [5.74, 6) is 0.946. The molecule has 3 heteroatoms. The quantitative estimate of drug-likeness (QED) is 0.808. The largest absolute Gasteiger partial charge is 0.497 e. The first-order chi connectivity index (χ1) is 11.8. The molecule has 0 amide bonds. The maximum atomic E-state index is 5.32. The van der Waals surface area contributed by atoms with Crippen molar-refractivity contribution >= 4 is 0 Å². The molecule has 128 valence electrons. The van der Waals surface area contributed by atoms with Crippen LogP contribution in [0.2, 0.25) is 0 Å². The van der Waals surface area contributed by atoms with Gasteiger partial charge in [-0.3, -0.25) is 9.80 Å². The second-order valence-electron chi connectivity index (χ2n) is 6.57. The zero-order valence-corrected chi connectivity index (χ0v) is 14.9. The summed E-state index contributed by atoms with van der Waals surface area (Å²) >= 11 is 0. The number of nitrogens with zero attached hydrogens (tertiary/aromatic N) is 2. The van der Waals surface area contributed by atoms with Gasteiger partial charge in [0.1, 0.15) is 5.75 Å². The number of aryl methyl sites for hydroxylation is 1. The molecule has 0 unspecified atom stereocenters. The van der Waals surface area contributed by atoms with Gasteiger partial charge < -0.3 is 4.74 Å². The van der Waals surface area contributed by atoms with Crippen molar-refractivity contribution in [2.75, 3.05) is 33.3 Å². The van der Waals surface area contributed by atoms with Gasteiger partial charge in [0.25, 0.3) is 0 Å². The predicted octanol–water partition coefficient (Wildman–Crippen LogP) is 3.58. The normalized spacial score (nSPS) is 16.2. The fourth-order valence-electron chi connectivity index (χ4n) is 3.27. The Morgan fingerprint density at radius 1 is 0.792 bits per heavy atom. The number of piperazine rings is 1. The van der Waals surface area contributed by atoms with Crippen molar-refractivity contribution in [2.24, 2.45) is 0 Å². The van der Waals surface area contributed by atoms with Gasteiger partial charge in [0.2, 0.25) is 0 Å². The number of hydrogen-bond donors (Lipinski definition) is 0. The highest BCUT2D eigenvalue weighted by molar-refractivity contribution is 5.28. The minimum atomic E-state index is 0.946. The summed E-state index contributed by atoms with van der Waals surface area (Å²) in [5.41, 5.74) is 4.17. The Labute approximate surface area is 145 Å². The highest BCUT2D eigenvalue weighted by atomic mass is 16.5. The molecule has 0 atom stereocenters. The van der Waals surface area contributed by atoms with E-state index in [1.165, 1.54) is 16.7 Å². The lowest BCUT2D eigenvalue weighted by molar-refractivity contribution is 0.122. The smallest absolute Gasteiger partial charge is 0.119 e. The molecule has 3 rings (SSSR count). The molecular formula is C21H28N2O. The van der Waals surface area contributed by atoms with Crippen LogP contribution in [0, 0.1) is 0 Å². The van der Waals surface area contributed by atoms with E-state index in [0.29, 0.717) is 0 Å². The van der Waals surface area contributed by atoms with Crippen molar-refractivity contribution in [1.82, 2.24) is 9.80 Å². The molecule has 24 heavy (non-hydrogen) atoms. The number of ether oxygens (including phenoxy) is 1. The van der Waals surface area contributed by atoms with Crippen LogP contribution in [0.3, 0.4) is 0 Å². The summed E-state index contributed by atoms with van der Waals surface area (Å²) < 4.78 is 5.32. The van der Waals surface area contributed by atoms with E-state index in [4.69, 9.17) is 4.74 Å². The zero-order chi connectivity index (χ0) is 16.8. The SMILES string of the molecule is CCc1ccc(CN2CCN(Cc3cccc(OC)c3)CC2)cc1. The topological polar surface area (TPSA) is 15.7 Å². The fourth-order valence-corrected chi connectivity index (χ4v) is 3.27. The number of methoxy groups -OCH3 is 1. The van der Waals surface area contributed by atoms with Crippen molar-refractivity contribution in [2.45, 2.75) is 26.4 Å². The molecule has 0 saturated carbocycles. The van der Waals surface area contributed by atoms with Crippen molar-refractivity contribution in [3.63, 3.8) is 0 Å². The number of rotatable bonds is 6. The van der Waals surface area contributed by atoms with Crippen LogP contribution in [0.25, 0.3) is 0 Å². The highest BCUT2D eigenvalue weighted by Gasteiger charge is 2.17. The number of benzene rings is 2. The fraction of sp³-hybridized carbons (Fsp3) is 0.429. The molecule has 0 aliphatic carbocycles. The Morgan fingerprint density at radius 2 is 1.38 bits per heavy atom. The van der Waals surface area contributed by atoms with Crippen LogP contribution >= 0.6 is 0 Å². The highest BCUT2D eigenvalue weighted by Crippen LogP contribution is 2.16. The third-order valence-corrected chi connectivity index (χ3v) is 4.84. The first-order valence-electron chi connectivity index (χ1n) is 8.92. The van der Waals surface area contributed by atoms with E-state index >= 15 is 0 Å². The minimum Gasteiger partial charge on any atom is -0.497 e. The van der Waals surface area contributed by atoms with Gasteiger partial charge in [-0.15, -0.1) is 0 Å². The molecule has 1 fully saturated rings. The average molecular weight is 324 g/mol. The summed E-state index contributed by atoms with van der Waals surface area (Å²) in [4.78, 5) is 5.09. The van der Waals surface area contributed by atoms with Gasteiger partial charge in [-0.2, -0.15) is 0 Å². The molecule has 3 nitrogen and oxygen atoms in total. The number of hydrogen-bond acceptors (Lipinski definition) is 3. The maximum Gasteiger partial charge on any atom is 0.119 e. The van der Waals surface area contributed by atoms with Crippen LogP contribution in [0.5, 0.6) is 5.75 Å². The molecule has 2 aromatic rings. The van der Waals surface area contributed by atoms with Crippen LogP contribution < -0.4 is 4.74 Å². The van der Waals surface area contributed by atoms with Gasteiger partial charge in [-0.1, -0.05) is 43.3 Å². The maximum absolute atomic E-state index is 5.32. The third-order valence-electron chi connectivity index (χ3n) is 4.84. The Bertz CT molecular complexity index is 631. The molecule has 1 saturated heterocycles. The molecule has 1 aliphatic rings. The van der Waals surface area contributed by atoms with Crippen molar-refractivity contribution in [1.29, 1.82) is 0 Å². The molecule has 2 aromatic carbocycles. The van der Waals surface area contributed by atoms with Gasteiger partial charge >= 0.3 is 0 Å². The van der Waals surface area contributed by atoms with E-state index in [9.17, 15) is 0 Å². The van der Waals surface area contributed by atoms with E-state index < -0.39 is 0 Å². The van der Waals surface area contributed by atoms with Crippen LogP contribution in [-0.4, -0.2) is 43.1 Å². The molecule has 0 aromatic heterocycles. The molecule has 0 bridgehead atoms. The Balaban J connectivity index is 1.48. The summed E-state index contributed by atoms with van der Waals surface area (Å²) in [7, 11) is 1.73. The molecule has 1 aliphatic heterocycles. The monoisotopic (exact) mass is 324 g/mol. The lowest BCUT2D eigenvalue weighted by atomic mass is 10.1. The summed E-state index contributed by atoms with van der Waals surface area (Å²) in [6.45, 7) is 8.82. The third kappa shape index (κ3) is 4.59. The van der Waals surface area contributed by atoms with E-state index in [-0.39, 0.29) is 0 Å². The Morgan fingerprint density at radius 3 is 1.96 bits per heavy atom. The van der Waals surface area contributed by atoms with Crippen molar-refractivity contribution in [3.05, 3.63) is 65.2 Å². The van der Waals surface area contributed by atoms with Crippen LogP contribution in [0.1, 0.15) is 23.6 Å². The van der Waals surface area contributed by atoms with E-state index in [1.807, 2.05) is 6.07 Å². The van der Waals surface area contributed by atoms with Gasteiger partial charge in [0, 0.05) is 39.3 Å². The second-order valence-corrected chi connectivity index (χ2v) is 6.57. The van der Waals surface area contributed by atoms with Crippen LogP contribution in [0.4, 0.5) is 0 Å². The zero-order valence-electron chi connectivity index (χ0n) is 14.9. The summed E-state index contributed by atoms with van der Waals surface area (Å²) in [6.07, 6.45) is 1.11. The average Bonchev–Trinajstić information content (AvgIpc) is 2.64. The first-order valence-corrected chi connectivity index (χ1v) is 8.92. The minimum absolute atomic E-state index is 0.946. The van der Waals surface area contributed by atoms with Gasteiger partial charge in [-0.25, -0.2) is 0 Å². The van der Waals surface area contributed by atoms with Gasteiger partial charge in [0.15, 0.2) is 0 Å². The molecule has 0 radical (unpaired) electrons. The van der Waals surface area contributed by atoms with E-state index in [0.717, 1.165) is 51.4 Å². The van der Waals surface area contributed by atoms with Crippen LogP contribution in [-0.2, 0) is 19.5 Å². The second kappa shape index (κ2) is 8.32. The molecular weight excluding hydrogens is 296 g/mol. The molecule has 0 N–H and O–H groups in total. The van der Waals surface area contributed by atoms with Gasteiger partial charge in [0.05, 0.1) is 7.11 Å². The Hall–Kier alpha value is -1.84. The van der Waals surface area contributed by atoms with Crippen LogP contribution in [0.15, 0.2) is 48.5 Å².